The number of carbonyl (C=O) groups excluding carboxylic acids is 1. The molecule has 1 aromatic rings. The summed E-state index contributed by atoms with van der Waals surface area (Å²) in [5.74, 6) is -0.254. The molecule has 0 aliphatic heterocycles. The number of nitrogens with zero attached hydrogens (tertiary/aromatic N) is 2. The van der Waals surface area contributed by atoms with Gasteiger partial charge in [-0.25, -0.2) is 8.42 Å². The van der Waals surface area contributed by atoms with Crippen molar-refractivity contribution in [2.75, 3.05) is 11.9 Å². The molecule has 1 aliphatic carbocycles. The predicted molar refractivity (Wildman–Crippen MR) is 82.6 cm³/mol. The number of rotatable bonds is 6. The minimum Gasteiger partial charge on any atom is -0.326 e. The summed E-state index contributed by atoms with van der Waals surface area (Å²) in [6.45, 7) is 3.30. The first kappa shape index (κ1) is 16.5. The van der Waals surface area contributed by atoms with Crippen LogP contribution in [0.3, 0.4) is 0 Å². The van der Waals surface area contributed by atoms with Crippen molar-refractivity contribution in [2.45, 2.75) is 44.0 Å². The lowest BCUT2D eigenvalue weighted by atomic mass is 10.2. The normalized spacial score (nSPS) is 14.6. The Bertz CT molecular complexity index is 718. The van der Waals surface area contributed by atoms with E-state index in [-0.39, 0.29) is 29.8 Å². The van der Waals surface area contributed by atoms with Crippen LogP contribution in [0.2, 0.25) is 0 Å². The summed E-state index contributed by atoms with van der Waals surface area (Å²) in [6.07, 6.45) is 1.82. The molecule has 0 heterocycles. The first-order valence-electron chi connectivity index (χ1n) is 7.13. The molecule has 22 heavy (non-hydrogen) atoms. The van der Waals surface area contributed by atoms with Crippen molar-refractivity contribution in [3.63, 3.8) is 0 Å². The summed E-state index contributed by atoms with van der Waals surface area (Å²) >= 11 is 0. The number of nitrogens with one attached hydrogen (secondary N) is 1. The van der Waals surface area contributed by atoms with E-state index in [2.05, 4.69) is 5.32 Å². The zero-order valence-corrected chi connectivity index (χ0v) is 13.5. The molecule has 0 bridgehead atoms. The van der Waals surface area contributed by atoms with Gasteiger partial charge in [0.2, 0.25) is 15.9 Å². The molecule has 6 nitrogen and oxygen atoms in total. The molecule has 7 heteroatoms. The van der Waals surface area contributed by atoms with Gasteiger partial charge in [-0.3, -0.25) is 4.79 Å². The summed E-state index contributed by atoms with van der Waals surface area (Å²) in [6, 6.07) is 6.81. The van der Waals surface area contributed by atoms with Crippen LogP contribution in [0.1, 0.15) is 31.7 Å². The second-order valence-corrected chi connectivity index (χ2v) is 7.28. The molecule has 0 aromatic heterocycles. The van der Waals surface area contributed by atoms with E-state index in [0.717, 1.165) is 12.8 Å². The van der Waals surface area contributed by atoms with Gasteiger partial charge in [-0.15, -0.1) is 0 Å². The molecule has 0 saturated heterocycles. The van der Waals surface area contributed by atoms with E-state index < -0.39 is 10.0 Å². The summed E-state index contributed by atoms with van der Waals surface area (Å²) in [7, 11) is -3.67. The number of sulfonamides is 1. The minimum atomic E-state index is -3.67. The van der Waals surface area contributed by atoms with E-state index >= 15 is 0 Å². The number of benzene rings is 1. The number of carbonyl (C=O) groups is 1. The SMILES string of the molecule is CC(=O)Nc1ccc(C)c(S(=O)(=O)N(CCC#N)C2CC2)c1. The van der Waals surface area contributed by atoms with Gasteiger partial charge in [0.1, 0.15) is 0 Å². The fourth-order valence-electron chi connectivity index (χ4n) is 2.31. The Hall–Kier alpha value is -1.91. The fourth-order valence-corrected chi connectivity index (χ4v) is 4.25. The lowest BCUT2D eigenvalue weighted by Gasteiger charge is -2.22. The third-order valence-corrected chi connectivity index (χ3v) is 5.59. The van der Waals surface area contributed by atoms with Gasteiger partial charge >= 0.3 is 0 Å². The highest BCUT2D eigenvalue weighted by Crippen LogP contribution is 2.33. The maximum Gasteiger partial charge on any atom is 0.243 e. The number of amides is 1. The minimum absolute atomic E-state index is 0.0119. The van der Waals surface area contributed by atoms with Gasteiger partial charge in [-0.05, 0) is 37.5 Å². The van der Waals surface area contributed by atoms with Crippen LogP contribution in [0.25, 0.3) is 0 Å². The Morgan fingerprint density at radius 1 is 1.45 bits per heavy atom. The van der Waals surface area contributed by atoms with Crippen molar-refractivity contribution in [2.24, 2.45) is 0 Å². The van der Waals surface area contributed by atoms with Crippen LogP contribution in [0.4, 0.5) is 5.69 Å². The molecular weight excluding hydrogens is 302 g/mol. The molecule has 2 rings (SSSR count). The van der Waals surface area contributed by atoms with E-state index in [1.54, 1.807) is 19.1 Å². The average molecular weight is 321 g/mol. The van der Waals surface area contributed by atoms with Crippen LogP contribution in [0, 0.1) is 18.3 Å². The molecule has 1 N–H and O–H groups in total. The Kier molecular flexibility index (Phi) is 4.84. The van der Waals surface area contributed by atoms with E-state index in [1.165, 1.54) is 17.3 Å². The average Bonchev–Trinajstić information content (AvgIpc) is 3.25. The third-order valence-electron chi connectivity index (χ3n) is 3.49. The zero-order valence-electron chi connectivity index (χ0n) is 12.7. The van der Waals surface area contributed by atoms with Crippen LogP contribution in [-0.2, 0) is 14.8 Å². The van der Waals surface area contributed by atoms with Crippen molar-refractivity contribution in [1.29, 1.82) is 5.26 Å². The third kappa shape index (κ3) is 3.64. The number of nitriles is 1. The van der Waals surface area contributed by atoms with Crippen LogP contribution in [0.5, 0.6) is 0 Å². The zero-order chi connectivity index (χ0) is 16.3. The van der Waals surface area contributed by atoms with Gasteiger partial charge in [0.05, 0.1) is 11.0 Å². The molecule has 1 fully saturated rings. The van der Waals surface area contributed by atoms with Crippen molar-refractivity contribution in [3.8, 4) is 6.07 Å². The largest absolute Gasteiger partial charge is 0.326 e. The van der Waals surface area contributed by atoms with Gasteiger partial charge < -0.3 is 5.32 Å². The van der Waals surface area contributed by atoms with Gasteiger partial charge in [0.15, 0.2) is 0 Å². The van der Waals surface area contributed by atoms with E-state index in [0.29, 0.717) is 11.3 Å². The highest BCUT2D eigenvalue weighted by Gasteiger charge is 2.38. The van der Waals surface area contributed by atoms with Gasteiger partial charge in [-0.2, -0.15) is 9.57 Å². The highest BCUT2D eigenvalue weighted by molar-refractivity contribution is 7.89. The monoisotopic (exact) mass is 321 g/mol. The Morgan fingerprint density at radius 2 is 2.14 bits per heavy atom. The molecule has 0 radical (unpaired) electrons. The van der Waals surface area contributed by atoms with Crippen molar-refractivity contribution in [1.82, 2.24) is 4.31 Å². The van der Waals surface area contributed by atoms with E-state index in [4.69, 9.17) is 5.26 Å². The molecular formula is C15H19N3O3S. The molecule has 0 atom stereocenters. The molecule has 0 unspecified atom stereocenters. The van der Waals surface area contributed by atoms with Crippen LogP contribution in [0.15, 0.2) is 23.1 Å². The lowest BCUT2D eigenvalue weighted by molar-refractivity contribution is -0.114. The Balaban J connectivity index is 2.38. The Labute approximate surface area is 130 Å². The van der Waals surface area contributed by atoms with Crippen LogP contribution in [-0.4, -0.2) is 31.2 Å². The first-order valence-corrected chi connectivity index (χ1v) is 8.57. The van der Waals surface area contributed by atoms with Gasteiger partial charge in [-0.1, -0.05) is 6.07 Å². The van der Waals surface area contributed by atoms with Crippen molar-refractivity contribution < 1.29 is 13.2 Å². The molecule has 118 valence electrons. The first-order chi connectivity index (χ1) is 10.4. The van der Waals surface area contributed by atoms with E-state index in [9.17, 15) is 13.2 Å². The van der Waals surface area contributed by atoms with Gasteiger partial charge in [0, 0.05) is 31.6 Å². The second kappa shape index (κ2) is 6.46. The number of hydrogen-bond acceptors (Lipinski definition) is 4. The second-order valence-electron chi connectivity index (χ2n) is 5.42. The standard InChI is InChI=1S/C15H19N3O3S/c1-11-4-5-13(17-12(2)19)10-15(11)22(20,21)18(9-3-8-16)14-6-7-14/h4-5,10,14H,3,6-7,9H2,1-2H3,(H,17,19). The maximum atomic E-state index is 12.9. The highest BCUT2D eigenvalue weighted by atomic mass is 32.2. The summed E-state index contributed by atoms with van der Waals surface area (Å²) in [4.78, 5) is 11.3. The maximum absolute atomic E-state index is 12.9. The van der Waals surface area contributed by atoms with E-state index in [1.807, 2.05) is 6.07 Å². The smallest absolute Gasteiger partial charge is 0.243 e. The lowest BCUT2D eigenvalue weighted by Crippen LogP contribution is -2.34. The molecule has 0 spiro atoms. The number of aryl methyl sites for hydroxylation is 1. The van der Waals surface area contributed by atoms with Crippen LogP contribution < -0.4 is 5.32 Å². The fraction of sp³-hybridized carbons (Fsp3) is 0.467. The Morgan fingerprint density at radius 3 is 2.68 bits per heavy atom. The molecule has 1 aliphatic rings. The predicted octanol–water partition coefficient (Wildman–Crippen LogP) is 2.02. The number of hydrogen-bond donors (Lipinski definition) is 1. The summed E-state index contributed by atoms with van der Waals surface area (Å²) < 4.78 is 27.2. The molecule has 1 saturated carbocycles. The summed E-state index contributed by atoms with van der Waals surface area (Å²) in [5, 5.41) is 11.3. The molecule has 1 aromatic carbocycles. The molecule has 1 amide bonds. The van der Waals surface area contributed by atoms with Gasteiger partial charge in [0.25, 0.3) is 0 Å². The van der Waals surface area contributed by atoms with Crippen LogP contribution >= 0.6 is 0 Å². The summed E-state index contributed by atoms with van der Waals surface area (Å²) in [5.41, 5.74) is 1.07. The number of anilines is 1. The van der Waals surface area contributed by atoms with Crippen molar-refractivity contribution >= 4 is 21.6 Å². The van der Waals surface area contributed by atoms with Crippen molar-refractivity contribution in [3.05, 3.63) is 23.8 Å². The quantitative estimate of drug-likeness (QED) is 0.868. The topological polar surface area (TPSA) is 90.3 Å².